The van der Waals surface area contributed by atoms with Crippen LogP contribution < -0.4 is 0 Å². The third-order valence-electron chi connectivity index (χ3n) is 1.49. The smallest absolute Gasteiger partial charge is 0.0857 e. The first-order chi connectivity index (χ1) is 3.72. The van der Waals surface area contributed by atoms with Gasteiger partial charge in [0.1, 0.15) is 0 Å². The highest BCUT2D eigenvalue weighted by molar-refractivity contribution is 9.11. The molecule has 1 aliphatic rings. The van der Waals surface area contributed by atoms with Crippen molar-refractivity contribution < 1.29 is 5.11 Å². The number of aliphatic hydroxyl groups is 1. The van der Waals surface area contributed by atoms with Crippen LogP contribution in [0, 0.1) is 0 Å². The Morgan fingerprint density at radius 2 is 2.38 bits per heavy atom. The van der Waals surface area contributed by atoms with Crippen molar-refractivity contribution in [2.75, 3.05) is 0 Å². The van der Waals surface area contributed by atoms with Gasteiger partial charge in [-0.05, 0) is 19.8 Å². The van der Waals surface area contributed by atoms with Gasteiger partial charge in [0.05, 0.1) is 6.10 Å². The van der Waals surface area contributed by atoms with Crippen LogP contribution in [0.4, 0.5) is 0 Å². The SMILES string of the molecule is CC1=C(Br)[C@H](O)CC1. The number of aliphatic hydroxyl groups excluding tert-OH is 1. The summed E-state index contributed by atoms with van der Waals surface area (Å²) in [6.07, 6.45) is 1.73. The monoisotopic (exact) mass is 176 g/mol. The zero-order valence-corrected chi connectivity index (χ0v) is 6.40. The molecule has 0 aromatic heterocycles. The van der Waals surface area contributed by atoms with Crippen LogP contribution in [-0.2, 0) is 0 Å². The zero-order valence-electron chi connectivity index (χ0n) is 4.82. The van der Waals surface area contributed by atoms with Crippen molar-refractivity contribution in [2.45, 2.75) is 25.9 Å². The normalized spacial score (nSPS) is 29.6. The summed E-state index contributed by atoms with van der Waals surface area (Å²) >= 11 is 3.30. The fourth-order valence-corrected chi connectivity index (χ4v) is 1.31. The Bertz CT molecular complexity index is 128. The lowest BCUT2D eigenvalue weighted by Gasteiger charge is -1.97. The van der Waals surface area contributed by atoms with E-state index in [1.807, 2.05) is 6.92 Å². The van der Waals surface area contributed by atoms with Gasteiger partial charge in [-0.2, -0.15) is 0 Å². The number of halogens is 1. The van der Waals surface area contributed by atoms with E-state index in [0.29, 0.717) is 0 Å². The average Bonchev–Trinajstić information content (AvgIpc) is 1.98. The average molecular weight is 177 g/mol. The van der Waals surface area contributed by atoms with E-state index in [0.717, 1.165) is 17.3 Å². The minimum atomic E-state index is -0.213. The van der Waals surface area contributed by atoms with E-state index in [4.69, 9.17) is 5.11 Å². The maximum atomic E-state index is 9.06. The minimum Gasteiger partial charge on any atom is -0.388 e. The lowest BCUT2D eigenvalue weighted by molar-refractivity contribution is 0.220. The summed E-state index contributed by atoms with van der Waals surface area (Å²) in [6, 6.07) is 0. The molecule has 0 bridgehead atoms. The van der Waals surface area contributed by atoms with Gasteiger partial charge in [-0.1, -0.05) is 21.5 Å². The highest BCUT2D eigenvalue weighted by Gasteiger charge is 2.17. The van der Waals surface area contributed by atoms with Crippen molar-refractivity contribution in [2.24, 2.45) is 0 Å². The van der Waals surface area contributed by atoms with Crippen LogP contribution in [0.15, 0.2) is 10.1 Å². The first kappa shape index (κ1) is 6.30. The van der Waals surface area contributed by atoms with Crippen LogP contribution >= 0.6 is 15.9 Å². The standard InChI is InChI=1S/C6H9BrO/c1-4-2-3-5(8)6(4)7/h5,8H,2-3H2,1H3/t5-/m1/s1. The van der Waals surface area contributed by atoms with Gasteiger partial charge in [0.25, 0.3) is 0 Å². The molecule has 1 rings (SSSR count). The lowest BCUT2D eigenvalue weighted by atomic mass is 10.3. The lowest BCUT2D eigenvalue weighted by Crippen LogP contribution is -1.98. The predicted molar refractivity (Wildman–Crippen MR) is 36.9 cm³/mol. The predicted octanol–water partition coefficient (Wildman–Crippen LogP) is 1.81. The molecule has 0 aromatic rings. The molecule has 0 saturated heterocycles. The Morgan fingerprint density at radius 1 is 1.75 bits per heavy atom. The second-order valence-corrected chi connectivity index (χ2v) is 3.04. The maximum Gasteiger partial charge on any atom is 0.0857 e. The summed E-state index contributed by atoms with van der Waals surface area (Å²) in [5, 5.41) is 9.06. The van der Waals surface area contributed by atoms with Gasteiger partial charge in [0.2, 0.25) is 0 Å². The van der Waals surface area contributed by atoms with Crippen LogP contribution in [0.5, 0.6) is 0 Å². The molecular formula is C6H9BrO. The molecule has 0 aromatic carbocycles. The van der Waals surface area contributed by atoms with Crippen molar-refractivity contribution in [1.29, 1.82) is 0 Å². The third kappa shape index (κ3) is 0.955. The van der Waals surface area contributed by atoms with Crippen molar-refractivity contribution in [3.8, 4) is 0 Å². The van der Waals surface area contributed by atoms with Gasteiger partial charge in [0, 0.05) is 4.48 Å². The fourth-order valence-electron chi connectivity index (χ4n) is 0.884. The second-order valence-electron chi connectivity index (χ2n) is 2.18. The Labute approximate surface area is 57.5 Å². The first-order valence-electron chi connectivity index (χ1n) is 2.75. The molecule has 0 radical (unpaired) electrons. The van der Waals surface area contributed by atoms with Gasteiger partial charge < -0.3 is 5.11 Å². The number of rotatable bonds is 0. The van der Waals surface area contributed by atoms with Gasteiger partial charge >= 0.3 is 0 Å². The van der Waals surface area contributed by atoms with Gasteiger partial charge in [0.15, 0.2) is 0 Å². The van der Waals surface area contributed by atoms with Crippen LogP contribution in [0.3, 0.4) is 0 Å². The van der Waals surface area contributed by atoms with Gasteiger partial charge in [-0.15, -0.1) is 0 Å². The molecule has 0 heterocycles. The van der Waals surface area contributed by atoms with E-state index in [1.54, 1.807) is 0 Å². The Kier molecular flexibility index (Phi) is 1.73. The second kappa shape index (κ2) is 2.19. The van der Waals surface area contributed by atoms with Crippen LogP contribution in [0.25, 0.3) is 0 Å². The van der Waals surface area contributed by atoms with E-state index in [9.17, 15) is 0 Å². The molecule has 0 unspecified atom stereocenters. The summed E-state index contributed by atoms with van der Waals surface area (Å²) in [6.45, 7) is 2.04. The van der Waals surface area contributed by atoms with Crippen LogP contribution in [0.2, 0.25) is 0 Å². The van der Waals surface area contributed by atoms with E-state index in [2.05, 4.69) is 15.9 Å². The summed E-state index contributed by atoms with van der Waals surface area (Å²) in [5.41, 5.74) is 1.29. The summed E-state index contributed by atoms with van der Waals surface area (Å²) in [4.78, 5) is 0. The molecule has 0 amide bonds. The quantitative estimate of drug-likeness (QED) is 0.598. The minimum absolute atomic E-state index is 0.213. The summed E-state index contributed by atoms with van der Waals surface area (Å²) in [7, 11) is 0. The van der Waals surface area contributed by atoms with Crippen LogP contribution in [0.1, 0.15) is 19.8 Å². The highest BCUT2D eigenvalue weighted by atomic mass is 79.9. The topological polar surface area (TPSA) is 20.2 Å². The van der Waals surface area contributed by atoms with E-state index in [-0.39, 0.29) is 6.10 Å². The van der Waals surface area contributed by atoms with Crippen molar-refractivity contribution >= 4 is 15.9 Å². The van der Waals surface area contributed by atoms with Crippen LogP contribution in [-0.4, -0.2) is 11.2 Å². The molecule has 2 heteroatoms. The van der Waals surface area contributed by atoms with Crippen molar-refractivity contribution in [3.63, 3.8) is 0 Å². The fraction of sp³-hybridized carbons (Fsp3) is 0.667. The van der Waals surface area contributed by atoms with E-state index >= 15 is 0 Å². The molecule has 0 fully saturated rings. The first-order valence-corrected chi connectivity index (χ1v) is 3.54. The Balaban J connectivity index is 2.71. The molecule has 8 heavy (non-hydrogen) atoms. The molecule has 46 valence electrons. The zero-order chi connectivity index (χ0) is 6.15. The van der Waals surface area contributed by atoms with Gasteiger partial charge in [-0.3, -0.25) is 0 Å². The largest absolute Gasteiger partial charge is 0.388 e. The Morgan fingerprint density at radius 3 is 2.50 bits per heavy atom. The molecule has 1 atom stereocenters. The van der Waals surface area contributed by atoms with Gasteiger partial charge in [-0.25, -0.2) is 0 Å². The van der Waals surface area contributed by atoms with Crippen molar-refractivity contribution in [1.82, 2.24) is 0 Å². The Hall–Kier alpha value is 0.180. The summed E-state index contributed by atoms with van der Waals surface area (Å²) in [5.74, 6) is 0. The van der Waals surface area contributed by atoms with E-state index < -0.39 is 0 Å². The highest BCUT2D eigenvalue weighted by Crippen LogP contribution is 2.29. The molecule has 0 spiro atoms. The van der Waals surface area contributed by atoms with E-state index in [1.165, 1.54) is 5.57 Å². The summed E-state index contributed by atoms with van der Waals surface area (Å²) < 4.78 is 0.998. The molecule has 1 nitrogen and oxygen atoms in total. The number of hydrogen-bond donors (Lipinski definition) is 1. The maximum absolute atomic E-state index is 9.06. The molecule has 0 saturated carbocycles. The number of hydrogen-bond acceptors (Lipinski definition) is 1. The molecule has 1 aliphatic carbocycles. The van der Waals surface area contributed by atoms with Crippen molar-refractivity contribution in [3.05, 3.63) is 10.1 Å². The molecule has 0 aliphatic heterocycles. The molecular weight excluding hydrogens is 168 g/mol. The number of allylic oxidation sites excluding steroid dienone is 1. The molecule has 1 N–H and O–H groups in total. The third-order valence-corrected chi connectivity index (χ3v) is 2.70.